The predicted molar refractivity (Wildman–Crippen MR) is 368 cm³/mol. The number of aliphatic hydroxyl groups is 2. The molecule has 0 fully saturated rings. The molecule has 0 aliphatic rings. The molecular weight excluding hydrogens is 1290 g/mol. The van der Waals surface area contributed by atoms with Crippen molar-refractivity contribution < 1.29 is 68.4 Å². The molecule has 39 nitrogen and oxygen atoms in total. The lowest BCUT2D eigenvalue weighted by atomic mass is 10.0. The number of nitrogens with two attached hydrogens (primary N) is 11. The van der Waals surface area contributed by atoms with Crippen LogP contribution in [0, 0.1) is 5.92 Å². The van der Waals surface area contributed by atoms with Crippen LogP contribution in [0.25, 0.3) is 0 Å². The van der Waals surface area contributed by atoms with Crippen molar-refractivity contribution in [3.63, 3.8) is 0 Å². The second-order valence-corrected chi connectivity index (χ2v) is 23.3. The number of phenolic OH excluding ortho intramolecular Hbond substituents is 1. The Morgan fingerprint density at radius 3 is 0.970 bits per heavy atom. The standard InChI is InChI=1S/C60H101N25O14/c1-32(2)27-42(51(94)80-39(15-8-24-74-58(66)67)49(92)81-41(55(98)99)17-10-26-76-60(70)71)82-53(96)45(31-87)85-52(95)43(29-34-18-20-35(88)21-19-34)83-54(97)44(30-86)84-50(93)40(16-9-25-75-59(68)69)79-48(91)38(14-7-23-73-57(64)65)78-47(90)37(13-6-22-72-56(62)63)77-46(89)36(61)28-33-11-4-3-5-12-33/h3-5,11-12,18-21,32,36-45,86-88H,6-10,13-17,22-31,61H2,1-2H3,(H,77,89)(H,78,90)(H,79,91)(H,80,94)(H,81,92)(H,82,96)(H,83,97)(H,84,93)(H,85,95)(H,98,99)(H4,62,63,72)(H4,64,65,73)(H4,66,67,74)(H4,68,69,75)(H4,70,71,76)/t36-,37-,38-,39-,40-,41-,42-,43-,44-,45-/m0/s1. The molecule has 9 amide bonds. The maximum Gasteiger partial charge on any atom is 0.326 e. The fourth-order valence-electron chi connectivity index (χ4n) is 9.44. The van der Waals surface area contributed by atoms with Gasteiger partial charge in [-0.25, -0.2) is 4.79 Å². The maximum atomic E-state index is 14.5. The van der Waals surface area contributed by atoms with Gasteiger partial charge in [0.25, 0.3) is 0 Å². The summed E-state index contributed by atoms with van der Waals surface area (Å²) in [5, 5.41) is 63.7. The molecule has 0 aromatic heterocycles. The van der Waals surface area contributed by atoms with Crippen molar-refractivity contribution in [1.29, 1.82) is 0 Å². The number of carboxylic acid groups (broad SMARTS) is 1. The smallest absolute Gasteiger partial charge is 0.326 e. The number of benzene rings is 2. The van der Waals surface area contributed by atoms with Crippen LogP contribution in [0.15, 0.2) is 79.6 Å². The lowest BCUT2D eigenvalue weighted by molar-refractivity contribution is -0.142. The van der Waals surface area contributed by atoms with Gasteiger partial charge in [0.15, 0.2) is 29.8 Å². The number of hydrogen-bond donors (Lipinski definition) is 24. The van der Waals surface area contributed by atoms with Crippen molar-refractivity contribution in [2.75, 3.05) is 45.9 Å². The first kappa shape index (κ1) is 84.3. The number of carbonyl (C=O) groups excluding carboxylic acids is 9. The lowest BCUT2D eigenvalue weighted by Crippen LogP contribution is -2.61. The van der Waals surface area contributed by atoms with E-state index in [4.69, 9.17) is 63.1 Å². The molecular formula is C60H101N25O14. The average molecular weight is 1400 g/mol. The number of rotatable bonds is 47. The van der Waals surface area contributed by atoms with Crippen molar-refractivity contribution in [1.82, 2.24) is 47.9 Å². The summed E-state index contributed by atoms with van der Waals surface area (Å²) in [7, 11) is 0. The molecule has 0 aliphatic heterocycles. The van der Waals surface area contributed by atoms with Gasteiger partial charge in [-0.3, -0.25) is 68.1 Å². The second-order valence-electron chi connectivity index (χ2n) is 23.3. The zero-order valence-electron chi connectivity index (χ0n) is 55.6. The largest absolute Gasteiger partial charge is 0.508 e. The molecule has 39 heteroatoms. The summed E-state index contributed by atoms with van der Waals surface area (Å²) in [5.41, 5.74) is 62.2. The Morgan fingerprint density at radius 1 is 0.364 bits per heavy atom. The summed E-state index contributed by atoms with van der Waals surface area (Å²) in [6.45, 7) is 1.17. The summed E-state index contributed by atoms with van der Waals surface area (Å²) in [4.78, 5) is 159. The number of phenols is 1. The number of aliphatic carboxylic acids is 1. The van der Waals surface area contributed by atoms with Crippen molar-refractivity contribution in [3.8, 4) is 5.75 Å². The Hall–Kier alpha value is -10.8. The average Bonchev–Trinajstić information content (AvgIpc) is 0.872. The van der Waals surface area contributed by atoms with Gasteiger partial charge in [0.2, 0.25) is 53.2 Å². The van der Waals surface area contributed by atoms with E-state index in [2.05, 4.69) is 72.8 Å². The molecule has 0 unspecified atom stereocenters. The minimum absolute atomic E-state index is 0.000438. The van der Waals surface area contributed by atoms with Gasteiger partial charge >= 0.3 is 5.97 Å². The molecule has 550 valence electrons. The molecule has 10 atom stereocenters. The molecule has 99 heavy (non-hydrogen) atoms. The highest BCUT2D eigenvalue weighted by Gasteiger charge is 2.36. The van der Waals surface area contributed by atoms with Gasteiger partial charge in [-0.15, -0.1) is 0 Å². The Balaban J connectivity index is 2.53. The van der Waals surface area contributed by atoms with E-state index in [0.29, 0.717) is 5.56 Å². The molecule has 0 heterocycles. The monoisotopic (exact) mass is 1400 g/mol. The third kappa shape index (κ3) is 35.1. The minimum atomic E-state index is -1.90. The summed E-state index contributed by atoms with van der Waals surface area (Å²) in [6, 6.07) is -1.11. The third-order valence-electron chi connectivity index (χ3n) is 14.5. The molecule has 35 N–H and O–H groups in total. The summed E-state index contributed by atoms with van der Waals surface area (Å²) >= 11 is 0. The highest BCUT2D eigenvalue weighted by molar-refractivity contribution is 5.99. The molecule has 0 saturated carbocycles. The maximum absolute atomic E-state index is 14.5. The first-order valence-electron chi connectivity index (χ1n) is 31.9. The van der Waals surface area contributed by atoms with Crippen LogP contribution in [0.1, 0.15) is 95.6 Å². The van der Waals surface area contributed by atoms with Crippen LogP contribution in [0.5, 0.6) is 5.75 Å². The molecule has 0 aliphatic carbocycles. The SMILES string of the molecule is CC(C)C[C@H](NC(=O)[C@H](CO)NC(=O)[C@H](Cc1ccc(O)cc1)NC(=O)[C@H](CO)NC(=O)[C@H](CCCN=C(N)N)NC(=O)[C@H](CCCN=C(N)N)NC(=O)[C@H](CCCN=C(N)N)NC(=O)[C@@H](N)Cc1ccccc1)C(=O)N[C@@H](CCCN=C(N)N)C(=O)N[C@@H](CCCN=C(N)N)C(=O)O. The fourth-order valence-corrected chi connectivity index (χ4v) is 9.44. The summed E-state index contributed by atoms with van der Waals surface area (Å²) < 4.78 is 0. The van der Waals surface area contributed by atoms with Crippen LogP contribution in [0.3, 0.4) is 0 Å². The number of hydrogen-bond acceptors (Lipinski definition) is 19. The van der Waals surface area contributed by atoms with Crippen molar-refractivity contribution in [3.05, 3.63) is 65.7 Å². The van der Waals surface area contributed by atoms with Gasteiger partial charge in [-0.2, -0.15) is 0 Å². The van der Waals surface area contributed by atoms with E-state index in [1.807, 2.05) is 0 Å². The molecule has 2 rings (SSSR count). The zero-order chi connectivity index (χ0) is 74.1. The number of aromatic hydroxyl groups is 1. The van der Waals surface area contributed by atoms with E-state index in [0.717, 1.165) is 5.56 Å². The number of nitrogens with one attached hydrogen (secondary N) is 9. The van der Waals surface area contributed by atoms with E-state index in [-0.39, 0.29) is 151 Å². The van der Waals surface area contributed by atoms with Crippen LogP contribution < -0.4 is 111 Å². The first-order chi connectivity index (χ1) is 46.8. The van der Waals surface area contributed by atoms with Gasteiger partial charge in [0, 0.05) is 39.1 Å². The molecule has 2 aromatic carbocycles. The Morgan fingerprint density at radius 2 is 0.636 bits per heavy atom. The minimum Gasteiger partial charge on any atom is -0.508 e. The molecule has 0 spiro atoms. The number of nitrogens with zero attached hydrogens (tertiary/aromatic N) is 5. The Kier molecular flexibility index (Phi) is 38.8. The molecule has 0 saturated heterocycles. The van der Waals surface area contributed by atoms with E-state index in [1.54, 1.807) is 44.2 Å². The van der Waals surface area contributed by atoms with Gasteiger partial charge in [0.05, 0.1) is 19.3 Å². The second kappa shape index (κ2) is 45.6. The van der Waals surface area contributed by atoms with Crippen LogP contribution in [-0.2, 0) is 60.8 Å². The van der Waals surface area contributed by atoms with Crippen LogP contribution >= 0.6 is 0 Å². The Labute approximate surface area is 572 Å². The molecule has 2 aromatic rings. The molecule has 0 bridgehead atoms. The number of carbonyl (C=O) groups is 10. The first-order valence-corrected chi connectivity index (χ1v) is 31.9. The van der Waals surface area contributed by atoms with Crippen molar-refractivity contribution in [2.24, 2.45) is 94.0 Å². The highest BCUT2D eigenvalue weighted by Crippen LogP contribution is 2.15. The zero-order valence-corrected chi connectivity index (χ0v) is 55.6. The predicted octanol–water partition coefficient (Wildman–Crippen LogP) is -8.75. The Bertz CT molecular complexity index is 3080. The normalized spacial score (nSPS) is 13.9. The summed E-state index contributed by atoms with van der Waals surface area (Å²) in [5.74, 6) is -12.1. The van der Waals surface area contributed by atoms with Crippen LogP contribution in [0.2, 0.25) is 0 Å². The third-order valence-corrected chi connectivity index (χ3v) is 14.5. The lowest BCUT2D eigenvalue weighted by Gasteiger charge is -2.28. The highest BCUT2D eigenvalue weighted by atomic mass is 16.4. The van der Waals surface area contributed by atoms with E-state index >= 15 is 0 Å². The van der Waals surface area contributed by atoms with Gasteiger partial charge in [-0.1, -0.05) is 56.3 Å². The number of amides is 9. The van der Waals surface area contributed by atoms with E-state index < -0.39 is 139 Å². The van der Waals surface area contributed by atoms with Crippen LogP contribution in [-0.4, -0.2) is 216 Å². The molecule has 0 radical (unpaired) electrons. The number of aliphatic imine (C=N–C) groups is 5. The van der Waals surface area contributed by atoms with Gasteiger partial charge < -0.3 is 131 Å². The van der Waals surface area contributed by atoms with E-state index in [1.165, 1.54) is 24.3 Å². The van der Waals surface area contributed by atoms with Gasteiger partial charge in [-0.05, 0) is 106 Å². The van der Waals surface area contributed by atoms with Crippen molar-refractivity contribution in [2.45, 2.75) is 158 Å². The summed E-state index contributed by atoms with van der Waals surface area (Å²) in [6.07, 6.45) is -0.570. The quantitative estimate of drug-likeness (QED) is 0.0166. The van der Waals surface area contributed by atoms with Crippen LogP contribution in [0.4, 0.5) is 0 Å². The van der Waals surface area contributed by atoms with E-state index in [9.17, 15) is 68.4 Å². The number of aliphatic hydroxyl groups excluding tert-OH is 2. The topological polar surface area (TPSA) is 708 Å². The van der Waals surface area contributed by atoms with Crippen molar-refractivity contribution >= 4 is 88.9 Å². The number of carboxylic acids is 1. The van der Waals surface area contributed by atoms with Gasteiger partial charge in [0.1, 0.15) is 60.1 Å². The number of guanidine groups is 5. The fraction of sp³-hybridized carbons (Fsp3) is 0.550.